The Hall–Kier alpha value is -3.71. The summed E-state index contributed by atoms with van der Waals surface area (Å²) >= 11 is 0. The highest BCUT2D eigenvalue weighted by molar-refractivity contribution is 6.01. The molecular weight excluding hydrogens is 362 g/mol. The summed E-state index contributed by atoms with van der Waals surface area (Å²) in [6.07, 6.45) is 0. The Kier molecular flexibility index (Phi) is 5.67. The normalized spacial score (nSPS) is 10.6. The number of carboxylic acids is 2. The molecule has 0 aliphatic heterocycles. The number of aromatic carboxylic acids is 2. The third-order valence-corrected chi connectivity index (χ3v) is 4.12. The van der Waals surface area contributed by atoms with Crippen molar-refractivity contribution in [3.05, 3.63) is 77.4 Å². The highest BCUT2D eigenvalue weighted by Crippen LogP contribution is 2.25. The zero-order valence-electron chi connectivity index (χ0n) is 14.7. The van der Waals surface area contributed by atoms with E-state index in [4.69, 9.17) is 14.9 Å². The van der Waals surface area contributed by atoms with Crippen molar-refractivity contribution in [3.63, 3.8) is 0 Å². The van der Waals surface area contributed by atoms with Crippen LogP contribution in [0.15, 0.2) is 60.7 Å². The molecule has 0 saturated carbocycles. The molecule has 0 aliphatic rings. The van der Waals surface area contributed by atoms with Crippen LogP contribution in [0.5, 0.6) is 5.75 Å². The molecule has 0 heterocycles. The van der Waals surface area contributed by atoms with E-state index in [1.54, 1.807) is 12.1 Å². The first-order valence-electron chi connectivity index (χ1n) is 8.44. The molecule has 28 heavy (non-hydrogen) atoms. The molecule has 0 unspecified atom stereocenters. The van der Waals surface area contributed by atoms with Gasteiger partial charge in [0.05, 0.1) is 17.7 Å². The summed E-state index contributed by atoms with van der Waals surface area (Å²) in [7, 11) is 0. The number of carbonyl (C=O) groups is 3. The lowest BCUT2D eigenvalue weighted by Crippen LogP contribution is -2.26. The minimum absolute atomic E-state index is 0.0910. The maximum absolute atomic E-state index is 12.1. The maximum Gasteiger partial charge on any atom is 0.336 e. The lowest BCUT2D eigenvalue weighted by atomic mass is 10.0. The number of hydrogen-bond donors (Lipinski definition) is 3. The second-order valence-corrected chi connectivity index (χ2v) is 6.05. The molecule has 3 rings (SSSR count). The highest BCUT2D eigenvalue weighted by Gasteiger charge is 2.16. The molecule has 3 aromatic carbocycles. The summed E-state index contributed by atoms with van der Waals surface area (Å²) in [5.74, 6) is -2.66. The average Bonchev–Trinajstić information content (AvgIpc) is 2.68. The van der Waals surface area contributed by atoms with E-state index in [0.29, 0.717) is 11.3 Å². The summed E-state index contributed by atoms with van der Waals surface area (Å²) in [6, 6.07) is 17.0. The van der Waals surface area contributed by atoms with Crippen molar-refractivity contribution in [2.75, 3.05) is 6.54 Å². The monoisotopic (exact) mass is 379 g/mol. The van der Waals surface area contributed by atoms with E-state index in [-0.39, 0.29) is 24.2 Å². The fourth-order valence-corrected chi connectivity index (χ4v) is 2.82. The molecule has 3 N–H and O–H groups in total. The zero-order valence-corrected chi connectivity index (χ0v) is 14.7. The maximum atomic E-state index is 12.1. The Morgan fingerprint density at radius 1 is 0.857 bits per heavy atom. The Bertz CT molecular complexity index is 1050. The van der Waals surface area contributed by atoms with Gasteiger partial charge in [-0.3, -0.25) is 4.79 Å². The summed E-state index contributed by atoms with van der Waals surface area (Å²) in [4.78, 5) is 34.4. The van der Waals surface area contributed by atoms with Crippen LogP contribution < -0.4 is 10.1 Å². The van der Waals surface area contributed by atoms with Crippen molar-refractivity contribution in [3.8, 4) is 5.75 Å². The fraction of sp³-hybridized carbons (Fsp3) is 0.0952. The van der Waals surface area contributed by atoms with Crippen molar-refractivity contribution >= 4 is 28.7 Å². The molecule has 142 valence electrons. The number of fused-ring (bicyclic) bond motifs is 1. The SMILES string of the molecule is O=C(CNCc1ccc(C(=O)O)c(C(=O)O)c1)Oc1cccc2ccccc12. The van der Waals surface area contributed by atoms with Gasteiger partial charge in [0.15, 0.2) is 0 Å². The van der Waals surface area contributed by atoms with Gasteiger partial charge in [-0.05, 0) is 29.1 Å². The first-order chi connectivity index (χ1) is 13.5. The quantitative estimate of drug-likeness (QED) is 0.427. The van der Waals surface area contributed by atoms with Crippen LogP contribution in [0.2, 0.25) is 0 Å². The van der Waals surface area contributed by atoms with E-state index in [0.717, 1.165) is 10.8 Å². The predicted molar refractivity (Wildman–Crippen MR) is 102 cm³/mol. The minimum Gasteiger partial charge on any atom is -0.478 e. The Labute approximate surface area is 160 Å². The van der Waals surface area contributed by atoms with Crippen molar-refractivity contribution in [2.24, 2.45) is 0 Å². The predicted octanol–water partition coefficient (Wildman–Crippen LogP) is 2.93. The number of nitrogens with one attached hydrogen (secondary N) is 1. The van der Waals surface area contributed by atoms with Crippen LogP contribution in [0.4, 0.5) is 0 Å². The second kappa shape index (κ2) is 8.32. The largest absolute Gasteiger partial charge is 0.478 e. The van der Waals surface area contributed by atoms with Gasteiger partial charge in [-0.1, -0.05) is 42.5 Å². The number of hydrogen-bond acceptors (Lipinski definition) is 5. The van der Waals surface area contributed by atoms with Crippen LogP contribution >= 0.6 is 0 Å². The number of esters is 1. The molecule has 0 bridgehead atoms. The van der Waals surface area contributed by atoms with Gasteiger partial charge in [0.2, 0.25) is 0 Å². The van der Waals surface area contributed by atoms with Crippen molar-refractivity contribution < 1.29 is 29.3 Å². The van der Waals surface area contributed by atoms with Gasteiger partial charge in [0, 0.05) is 11.9 Å². The highest BCUT2D eigenvalue weighted by atomic mass is 16.5. The Balaban J connectivity index is 1.62. The number of carbonyl (C=O) groups excluding carboxylic acids is 1. The summed E-state index contributed by atoms with van der Waals surface area (Å²) < 4.78 is 5.40. The Morgan fingerprint density at radius 2 is 1.57 bits per heavy atom. The van der Waals surface area contributed by atoms with Gasteiger partial charge in [-0.15, -0.1) is 0 Å². The molecule has 0 aliphatic carbocycles. The standard InChI is InChI=1S/C21H17NO6/c23-19(28-18-7-3-5-14-4-1-2-6-15(14)18)12-22-11-13-8-9-16(20(24)25)17(10-13)21(26)27/h1-10,22H,11-12H2,(H,24,25)(H,26,27). The van der Waals surface area contributed by atoms with Gasteiger partial charge < -0.3 is 20.3 Å². The zero-order chi connectivity index (χ0) is 20.1. The fourth-order valence-electron chi connectivity index (χ4n) is 2.82. The number of rotatable bonds is 7. The van der Waals surface area contributed by atoms with Crippen LogP contribution in [0.1, 0.15) is 26.3 Å². The molecule has 0 saturated heterocycles. The molecule has 0 amide bonds. The van der Waals surface area contributed by atoms with Crippen molar-refractivity contribution in [1.29, 1.82) is 0 Å². The van der Waals surface area contributed by atoms with Gasteiger partial charge in [-0.2, -0.15) is 0 Å². The molecule has 0 radical (unpaired) electrons. The van der Waals surface area contributed by atoms with E-state index in [9.17, 15) is 14.4 Å². The number of carboxylic acid groups (broad SMARTS) is 2. The molecule has 3 aromatic rings. The smallest absolute Gasteiger partial charge is 0.336 e. The van der Waals surface area contributed by atoms with Gasteiger partial charge in [0.25, 0.3) is 0 Å². The molecule has 0 spiro atoms. The second-order valence-electron chi connectivity index (χ2n) is 6.05. The van der Waals surface area contributed by atoms with E-state index < -0.39 is 17.9 Å². The van der Waals surface area contributed by atoms with Crippen molar-refractivity contribution in [2.45, 2.75) is 6.54 Å². The van der Waals surface area contributed by atoms with Gasteiger partial charge in [0.1, 0.15) is 5.75 Å². The van der Waals surface area contributed by atoms with Crippen LogP contribution in [-0.2, 0) is 11.3 Å². The number of ether oxygens (including phenoxy) is 1. The lowest BCUT2D eigenvalue weighted by Gasteiger charge is -2.09. The van der Waals surface area contributed by atoms with Gasteiger partial charge in [-0.25, -0.2) is 9.59 Å². The van der Waals surface area contributed by atoms with E-state index in [1.807, 2.05) is 30.3 Å². The molecule has 0 atom stereocenters. The van der Waals surface area contributed by atoms with E-state index in [2.05, 4.69) is 5.32 Å². The van der Waals surface area contributed by atoms with E-state index >= 15 is 0 Å². The van der Waals surface area contributed by atoms with Crippen LogP contribution in [0, 0.1) is 0 Å². The van der Waals surface area contributed by atoms with Crippen LogP contribution in [0.25, 0.3) is 10.8 Å². The topological polar surface area (TPSA) is 113 Å². The van der Waals surface area contributed by atoms with E-state index in [1.165, 1.54) is 18.2 Å². The van der Waals surface area contributed by atoms with Gasteiger partial charge >= 0.3 is 17.9 Å². The third kappa shape index (κ3) is 4.33. The first-order valence-corrected chi connectivity index (χ1v) is 8.44. The summed E-state index contributed by atoms with van der Waals surface area (Å²) in [6.45, 7) is 0.0944. The van der Waals surface area contributed by atoms with Crippen LogP contribution in [-0.4, -0.2) is 34.7 Å². The summed E-state index contributed by atoms with van der Waals surface area (Å²) in [5, 5.41) is 22.8. The molecule has 7 nitrogen and oxygen atoms in total. The molecular formula is C21H17NO6. The molecule has 0 aromatic heterocycles. The summed E-state index contributed by atoms with van der Waals surface area (Å²) in [5.41, 5.74) is -0.0443. The minimum atomic E-state index is -1.32. The first kappa shape index (κ1) is 19.1. The number of benzene rings is 3. The lowest BCUT2D eigenvalue weighted by molar-refractivity contribution is -0.133. The average molecular weight is 379 g/mol. The molecule has 7 heteroatoms. The third-order valence-electron chi connectivity index (χ3n) is 4.12. The van der Waals surface area contributed by atoms with Crippen molar-refractivity contribution in [1.82, 2.24) is 5.32 Å². The van der Waals surface area contributed by atoms with Crippen LogP contribution in [0.3, 0.4) is 0 Å². The Morgan fingerprint density at radius 3 is 2.32 bits per heavy atom. The molecule has 0 fully saturated rings.